The third-order valence-corrected chi connectivity index (χ3v) is 3.98. The molecule has 1 aromatic rings. The topological polar surface area (TPSA) is 38.5 Å². The van der Waals surface area contributed by atoms with Crippen LogP contribution in [0.4, 0.5) is 11.4 Å². The molecule has 94 valence electrons. The minimum Gasteiger partial charge on any atom is -0.398 e. The van der Waals surface area contributed by atoms with Gasteiger partial charge in [0.15, 0.2) is 0 Å². The molecule has 1 fully saturated rings. The van der Waals surface area contributed by atoms with Crippen molar-refractivity contribution in [1.82, 2.24) is 0 Å². The minimum absolute atomic E-state index is 0.461. The number of aryl methyl sites for hydroxylation is 1. The number of anilines is 2. The van der Waals surface area contributed by atoms with Gasteiger partial charge in [-0.05, 0) is 47.0 Å². The molecule has 0 radical (unpaired) electrons. The highest BCUT2D eigenvalue weighted by molar-refractivity contribution is 9.10. The van der Waals surface area contributed by atoms with Gasteiger partial charge in [0.25, 0.3) is 0 Å². The van der Waals surface area contributed by atoms with Gasteiger partial charge in [0.1, 0.15) is 0 Å². The van der Waals surface area contributed by atoms with Crippen molar-refractivity contribution in [3.63, 3.8) is 0 Å². The molecule has 17 heavy (non-hydrogen) atoms. The van der Waals surface area contributed by atoms with Crippen LogP contribution in [0.2, 0.25) is 0 Å². The SMILES string of the molecule is CCC1COCCN1c1cc(C)c(N)cc1Br. The molecule has 1 aromatic carbocycles. The summed E-state index contributed by atoms with van der Waals surface area (Å²) < 4.78 is 6.61. The van der Waals surface area contributed by atoms with Crippen LogP contribution in [-0.2, 0) is 4.74 Å². The molecule has 1 atom stereocenters. The van der Waals surface area contributed by atoms with Crippen molar-refractivity contribution in [1.29, 1.82) is 0 Å². The molecule has 4 heteroatoms. The summed E-state index contributed by atoms with van der Waals surface area (Å²) in [4.78, 5) is 2.42. The van der Waals surface area contributed by atoms with E-state index in [0.717, 1.165) is 41.9 Å². The predicted octanol–water partition coefficient (Wildman–Crippen LogP) is 2.95. The molecular formula is C13H19BrN2O. The first-order chi connectivity index (χ1) is 8.13. The summed E-state index contributed by atoms with van der Waals surface area (Å²) in [6, 6.07) is 4.61. The van der Waals surface area contributed by atoms with Crippen LogP contribution in [0.15, 0.2) is 16.6 Å². The van der Waals surface area contributed by atoms with Gasteiger partial charge in [0.05, 0.1) is 24.9 Å². The number of hydrogen-bond acceptors (Lipinski definition) is 3. The van der Waals surface area contributed by atoms with E-state index in [1.807, 2.05) is 13.0 Å². The van der Waals surface area contributed by atoms with Gasteiger partial charge in [0, 0.05) is 16.7 Å². The first-order valence-electron chi connectivity index (χ1n) is 6.03. The highest BCUT2D eigenvalue weighted by Crippen LogP contribution is 2.33. The summed E-state index contributed by atoms with van der Waals surface area (Å²) in [6.07, 6.45) is 1.09. The van der Waals surface area contributed by atoms with Gasteiger partial charge >= 0.3 is 0 Å². The van der Waals surface area contributed by atoms with Crippen molar-refractivity contribution >= 4 is 27.3 Å². The molecule has 0 spiro atoms. The van der Waals surface area contributed by atoms with Crippen molar-refractivity contribution in [2.75, 3.05) is 30.4 Å². The Hall–Kier alpha value is -0.740. The van der Waals surface area contributed by atoms with Gasteiger partial charge in [0.2, 0.25) is 0 Å². The third-order valence-electron chi connectivity index (χ3n) is 3.34. The molecule has 0 aromatic heterocycles. The minimum atomic E-state index is 0.461. The van der Waals surface area contributed by atoms with E-state index < -0.39 is 0 Å². The third kappa shape index (κ3) is 2.58. The summed E-state index contributed by atoms with van der Waals surface area (Å²) in [7, 11) is 0. The fourth-order valence-corrected chi connectivity index (χ4v) is 2.80. The monoisotopic (exact) mass is 298 g/mol. The molecule has 0 amide bonds. The van der Waals surface area contributed by atoms with Crippen molar-refractivity contribution in [2.24, 2.45) is 0 Å². The van der Waals surface area contributed by atoms with Crippen LogP contribution in [-0.4, -0.2) is 25.8 Å². The lowest BCUT2D eigenvalue weighted by Crippen LogP contribution is -2.45. The summed E-state index contributed by atoms with van der Waals surface area (Å²) in [5, 5.41) is 0. The van der Waals surface area contributed by atoms with Gasteiger partial charge in [-0.3, -0.25) is 0 Å². The van der Waals surface area contributed by atoms with Crippen molar-refractivity contribution in [3.8, 4) is 0 Å². The second-order valence-electron chi connectivity index (χ2n) is 4.49. The second-order valence-corrected chi connectivity index (χ2v) is 5.34. The van der Waals surface area contributed by atoms with Crippen LogP contribution >= 0.6 is 15.9 Å². The van der Waals surface area contributed by atoms with E-state index in [2.05, 4.69) is 33.8 Å². The molecule has 2 rings (SSSR count). The average Bonchev–Trinajstić information content (AvgIpc) is 2.34. The van der Waals surface area contributed by atoms with Crippen LogP contribution in [0.5, 0.6) is 0 Å². The van der Waals surface area contributed by atoms with Gasteiger partial charge in [-0.15, -0.1) is 0 Å². The summed E-state index contributed by atoms with van der Waals surface area (Å²) in [6.45, 7) is 6.80. The van der Waals surface area contributed by atoms with E-state index in [0.29, 0.717) is 6.04 Å². The Morgan fingerprint density at radius 1 is 1.53 bits per heavy atom. The Bertz CT molecular complexity index is 409. The van der Waals surface area contributed by atoms with E-state index in [1.54, 1.807) is 0 Å². The number of ether oxygens (including phenoxy) is 1. The van der Waals surface area contributed by atoms with Crippen molar-refractivity contribution in [2.45, 2.75) is 26.3 Å². The van der Waals surface area contributed by atoms with Crippen molar-refractivity contribution < 1.29 is 4.74 Å². The molecule has 1 saturated heterocycles. The first-order valence-corrected chi connectivity index (χ1v) is 6.82. The first kappa shape index (κ1) is 12.7. The van der Waals surface area contributed by atoms with Crippen LogP contribution in [0.1, 0.15) is 18.9 Å². The Morgan fingerprint density at radius 3 is 3.00 bits per heavy atom. The Labute approximate surface area is 111 Å². The molecular weight excluding hydrogens is 280 g/mol. The Morgan fingerprint density at radius 2 is 2.29 bits per heavy atom. The zero-order chi connectivity index (χ0) is 12.4. The van der Waals surface area contributed by atoms with Crippen LogP contribution in [0.3, 0.4) is 0 Å². The summed E-state index contributed by atoms with van der Waals surface area (Å²) >= 11 is 3.61. The lowest BCUT2D eigenvalue weighted by Gasteiger charge is -2.37. The summed E-state index contributed by atoms with van der Waals surface area (Å²) in [5.74, 6) is 0. The van der Waals surface area contributed by atoms with Gasteiger partial charge in [-0.2, -0.15) is 0 Å². The maximum atomic E-state index is 5.91. The summed E-state index contributed by atoms with van der Waals surface area (Å²) in [5.41, 5.74) is 9.11. The lowest BCUT2D eigenvalue weighted by atomic mass is 10.1. The van der Waals surface area contributed by atoms with E-state index in [9.17, 15) is 0 Å². The quantitative estimate of drug-likeness (QED) is 0.853. The molecule has 1 unspecified atom stereocenters. The van der Waals surface area contributed by atoms with E-state index in [1.165, 1.54) is 5.69 Å². The average molecular weight is 299 g/mol. The highest BCUT2D eigenvalue weighted by atomic mass is 79.9. The fourth-order valence-electron chi connectivity index (χ4n) is 2.21. The molecule has 1 aliphatic heterocycles. The zero-order valence-electron chi connectivity index (χ0n) is 10.4. The van der Waals surface area contributed by atoms with E-state index in [4.69, 9.17) is 10.5 Å². The number of hydrogen-bond donors (Lipinski definition) is 1. The predicted molar refractivity (Wildman–Crippen MR) is 75.5 cm³/mol. The van der Waals surface area contributed by atoms with Crippen molar-refractivity contribution in [3.05, 3.63) is 22.2 Å². The number of benzene rings is 1. The largest absolute Gasteiger partial charge is 0.398 e. The number of halogens is 1. The second kappa shape index (κ2) is 5.27. The van der Waals surface area contributed by atoms with E-state index in [-0.39, 0.29) is 0 Å². The highest BCUT2D eigenvalue weighted by Gasteiger charge is 2.23. The number of nitrogens with zero attached hydrogens (tertiary/aromatic N) is 1. The molecule has 1 aliphatic rings. The number of morpholine rings is 1. The number of nitrogens with two attached hydrogens (primary N) is 1. The van der Waals surface area contributed by atoms with Crippen LogP contribution in [0, 0.1) is 6.92 Å². The maximum absolute atomic E-state index is 5.91. The molecule has 0 saturated carbocycles. The van der Waals surface area contributed by atoms with Crippen LogP contribution < -0.4 is 10.6 Å². The Kier molecular flexibility index (Phi) is 3.94. The normalized spacial score (nSPS) is 20.6. The molecule has 0 bridgehead atoms. The fraction of sp³-hybridized carbons (Fsp3) is 0.538. The smallest absolute Gasteiger partial charge is 0.0670 e. The maximum Gasteiger partial charge on any atom is 0.0670 e. The van der Waals surface area contributed by atoms with E-state index >= 15 is 0 Å². The zero-order valence-corrected chi connectivity index (χ0v) is 12.0. The molecule has 2 N–H and O–H groups in total. The lowest BCUT2D eigenvalue weighted by molar-refractivity contribution is 0.0929. The van der Waals surface area contributed by atoms with Gasteiger partial charge in [-0.25, -0.2) is 0 Å². The Balaban J connectivity index is 2.34. The number of rotatable bonds is 2. The standard InChI is InChI=1S/C13H19BrN2O/c1-3-10-8-17-5-4-16(10)13-6-9(2)12(15)7-11(13)14/h6-7,10H,3-5,8,15H2,1-2H3. The molecule has 3 nitrogen and oxygen atoms in total. The number of nitrogen functional groups attached to an aromatic ring is 1. The van der Waals surface area contributed by atoms with Gasteiger partial charge < -0.3 is 15.4 Å². The van der Waals surface area contributed by atoms with Crippen LogP contribution in [0.25, 0.3) is 0 Å². The molecule has 1 heterocycles. The van der Waals surface area contributed by atoms with Gasteiger partial charge in [-0.1, -0.05) is 6.92 Å². The molecule has 0 aliphatic carbocycles.